The van der Waals surface area contributed by atoms with Crippen LogP contribution in [0.5, 0.6) is 5.75 Å². The third-order valence-corrected chi connectivity index (χ3v) is 5.76. The van der Waals surface area contributed by atoms with Gasteiger partial charge >= 0.3 is 0 Å². The summed E-state index contributed by atoms with van der Waals surface area (Å²) < 4.78 is 5.80. The SMILES string of the molecule is COc1cccc(NC(=O)CNC(=O)c2sc3cc(Cl)cc(Cl)c3c2Cl)c1. The van der Waals surface area contributed by atoms with Gasteiger partial charge in [-0.3, -0.25) is 9.59 Å². The van der Waals surface area contributed by atoms with Crippen molar-refractivity contribution in [1.82, 2.24) is 5.32 Å². The van der Waals surface area contributed by atoms with E-state index in [9.17, 15) is 9.59 Å². The van der Waals surface area contributed by atoms with E-state index in [1.807, 2.05) is 0 Å². The number of hydrogen-bond acceptors (Lipinski definition) is 4. The van der Waals surface area contributed by atoms with Crippen LogP contribution in [0.1, 0.15) is 9.67 Å². The van der Waals surface area contributed by atoms with E-state index in [1.54, 1.807) is 36.4 Å². The van der Waals surface area contributed by atoms with E-state index in [0.29, 0.717) is 31.6 Å². The number of fused-ring (bicyclic) bond motifs is 1. The number of anilines is 1. The normalized spacial score (nSPS) is 10.7. The Morgan fingerprint density at radius 2 is 1.93 bits per heavy atom. The monoisotopic (exact) mass is 442 g/mol. The predicted octanol–water partition coefficient (Wildman–Crippen LogP) is 5.24. The third kappa shape index (κ3) is 4.47. The largest absolute Gasteiger partial charge is 0.497 e. The fraction of sp³-hybridized carbons (Fsp3) is 0.111. The van der Waals surface area contributed by atoms with Crippen molar-refractivity contribution in [1.29, 1.82) is 0 Å². The molecule has 2 amide bonds. The highest BCUT2D eigenvalue weighted by Crippen LogP contribution is 2.41. The number of nitrogens with one attached hydrogen (secondary N) is 2. The first-order valence-electron chi connectivity index (χ1n) is 7.68. The minimum absolute atomic E-state index is 0.213. The molecule has 9 heteroatoms. The Hall–Kier alpha value is -1.99. The molecule has 0 fully saturated rings. The van der Waals surface area contributed by atoms with Gasteiger partial charge in [0.2, 0.25) is 5.91 Å². The molecule has 2 aromatic carbocycles. The zero-order valence-electron chi connectivity index (χ0n) is 13.9. The minimum Gasteiger partial charge on any atom is -0.497 e. The summed E-state index contributed by atoms with van der Waals surface area (Å²) in [4.78, 5) is 24.8. The van der Waals surface area contributed by atoms with Gasteiger partial charge in [-0.2, -0.15) is 0 Å². The first-order valence-corrected chi connectivity index (χ1v) is 9.63. The summed E-state index contributed by atoms with van der Waals surface area (Å²) in [5, 5.41) is 6.86. The molecule has 1 heterocycles. The van der Waals surface area contributed by atoms with Gasteiger partial charge in [0.25, 0.3) is 5.91 Å². The van der Waals surface area contributed by atoms with Crippen molar-refractivity contribution in [2.24, 2.45) is 0 Å². The topological polar surface area (TPSA) is 67.4 Å². The van der Waals surface area contributed by atoms with E-state index in [0.717, 1.165) is 11.3 Å². The molecule has 0 aliphatic rings. The van der Waals surface area contributed by atoms with Gasteiger partial charge in [0, 0.05) is 26.9 Å². The second-order valence-electron chi connectivity index (χ2n) is 5.47. The lowest BCUT2D eigenvalue weighted by Gasteiger charge is -2.08. The zero-order chi connectivity index (χ0) is 19.6. The van der Waals surface area contributed by atoms with Crippen molar-refractivity contribution in [3.8, 4) is 5.75 Å². The number of thiophene rings is 1. The molecule has 3 rings (SSSR count). The summed E-state index contributed by atoms with van der Waals surface area (Å²) in [6.45, 7) is -0.213. The van der Waals surface area contributed by atoms with E-state index < -0.39 is 5.91 Å². The number of amides is 2. The van der Waals surface area contributed by atoms with Gasteiger partial charge in [0.05, 0.1) is 23.7 Å². The highest BCUT2D eigenvalue weighted by molar-refractivity contribution is 7.21. The molecule has 0 saturated carbocycles. The predicted molar refractivity (Wildman–Crippen MR) is 111 cm³/mol. The Bertz CT molecular complexity index is 1040. The molecule has 2 N–H and O–H groups in total. The molecular weight excluding hydrogens is 431 g/mol. The average molecular weight is 444 g/mol. The van der Waals surface area contributed by atoms with Crippen LogP contribution in [-0.2, 0) is 4.79 Å². The second-order valence-corrected chi connectivity index (χ2v) is 7.74. The highest BCUT2D eigenvalue weighted by atomic mass is 35.5. The van der Waals surface area contributed by atoms with Crippen molar-refractivity contribution in [2.75, 3.05) is 19.0 Å². The fourth-order valence-corrected chi connectivity index (χ4v) is 4.70. The number of methoxy groups -OCH3 is 1. The van der Waals surface area contributed by atoms with Gasteiger partial charge in [-0.05, 0) is 24.3 Å². The second kappa shape index (κ2) is 8.35. The van der Waals surface area contributed by atoms with Gasteiger partial charge in [-0.1, -0.05) is 40.9 Å². The van der Waals surface area contributed by atoms with Crippen LogP contribution < -0.4 is 15.4 Å². The number of rotatable bonds is 5. The van der Waals surface area contributed by atoms with Gasteiger partial charge < -0.3 is 15.4 Å². The third-order valence-electron chi connectivity index (χ3n) is 3.62. The van der Waals surface area contributed by atoms with Gasteiger partial charge in [-0.25, -0.2) is 0 Å². The lowest BCUT2D eigenvalue weighted by Crippen LogP contribution is -2.32. The average Bonchev–Trinajstić information content (AvgIpc) is 2.96. The maximum absolute atomic E-state index is 12.4. The summed E-state index contributed by atoms with van der Waals surface area (Å²) in [6, 6.07) is 10.2. The Morgan fingerprint density at radius 1 is 1.15 bits per heavy atom. The van der Waals surface area contributed by atoms with Gasteiger partial charge in [-0.15, -0.1) is 11.3 Å². The number of carbonyl (C=O) groups is 2. The van der Waals surface area contributed by atoms with Crippen molar-refractivity contribution in [2.45, 2.75) is 0 Å². The van der Waals surface area contributed by atoms with Crippen LogP contribution in [-0.4, -0.2) is 25.5 Å². The lowest BCUT2D eigenvalue weighted by molar-refractivity contribution is -0.115. The van der Waals surface area contributed by atoms with Crippen LogP contribution in [0.25, 0.3) is 10.1 Å². The number of ether oxygens (including phenoxy) is 1. The first kappa shape index (κ1) is 19.8. The molecule has 0 spiro atoms. The summed E-state index contributed by atoms with van der Waals surface area (Å²) >= 11 is 19.6. The molecule has 140 valence electrons. The van der Waals surface area contributed by atoms with Crippen LogP contribution >= 0.6 is 46.1 Å². The number of carbonyl (C=O) groups excluding carboxylic acids is 2. The van der Waals surface area contributed by atoms with Crippen LogP contribution in [0.4, 0.5) is 5.69 Å². The lowest BCUT2D eigenvalue weighted by atomic mass is 10.2. The number of benzene rings is 2. The molecule has 0 aliphatic heterocycles. The summed E-state index contributed by atoms with van der Waals surface area (Å²) in [6.07, 6.45) is 0. The molecule has 0 radical (unpaired) electrons. The molecule has 27 heavy (non-hydrogen) atoms. The van der Waals surface area contributed by atoms with Crippen LogP contribution in [0, 0.1) is 0 Å². The molecule has 1 aromatic heterocycles. The Kier molecular flexibility index (Phi) is 6.11. The van der Waals surface area contributed by atoms with E-state index in [4.69, 9.17) is 39.5 Å². The van der Waals surface area contributed by atoms with Crippen molar-refractivity contribution in [3.63, 3.8) is 0 Å². The highest BCUT2D eigenvalue weighted by Gasteiger charge is 2.20. The Morgan fingerprint density at radius 3 is 2.67 bits per heavy atom. The standard InChI is InChI=1S/C18H13Cl3N2O3S/c1-26-11-4-2-3-10(7-11)23-14(24)8-22-18(25)17-16(21)15-12(20)5-9(19)6-13(15)27-17/h2-7H,8H2,1H3,(H,22,25)(H,23,24). The summed E-state index contributed by atoms with van der Waals surface area (Å²) in [5.41, 5.74) is 0.565. The van der Waals surface area contributed by atoms with E-state index in [-0.39, 0.29) is 22.4 Å². The first-order chi connectivity index (χ1) is 12.9. The quantitative estimate of drug-likeness (QED) is 0.567. The summed E-state index contributed by atoms with van der Waals surface area (Å²) in [7, 11) is 1.54. The number of halogens is 3. The Balaban J connectivity index is 1.68. The van der Waals surface area contributed by atoms with Crippen molar-refractivity contribution >= 4 is 73.7 Å². The van der Waals surface area contributed by atoms with E-state index >= 15 is 0 Å². The minimum atomic E-state index is -0.464. The maximum atomic E-state index is 12.4. The smallest absolute Gasteiger partial charge is 0.263 e. The molecule has 0 atom stereocenters. The zero-order valence-corrected chi connectivity index (χ0v) is 17.0. The molecule has 3 aromatic rings. The van der Waals surface area contributed by atoms with Crippen LogP contribution in [0.3, 0.4) is 0 Å². The van der Waals surface area contributed by atoms with Crippen molar-refractivity contribution < 1.29 is 14.3 Å². The number of hydrogen-bond donors (Lipinski definition) is 2. The Labute approximate surface area is 174 Å². The summed E-state index contributed by atoms with van der Waals surface area (Å²) in [5.74, 6) is -0.228. The molecule has 0 unspecified atom stereocenters. The molecule has 0 saturated heterocycles. The van der Waals surface area contributed by atoms with Crippen LogP contribution in [0.2, 0.25) is 15.1 Å². The van der Waals surface area contributed by atoms with Crippen LogP contribution in [0.15, 0.2) is 36.4 Å². The van der Waals surface area contributed by atoms with Crippen molar-refractivity contribution in [3.05, 3.63) is 56.3 Å². The molecule has 0 bridgehead atoms. The molecule has 5 nitrogen and oxygen atoms in total. The van der Waals surface area contributed by atoms with E-state index in [1.165, 1.54) is 7.11 Å². The van der Waals surface area contributed by atoms with Gasteiger partial charge in [0.15, 0.2) is 0 Å². The van der Waals surface area contributed by atoms with E-state index in [2.05, 4.69) is 10.6 Å². The maximum Gasteiger partial charge on any atom is 0.263 e. The molecular formula is C18H13Cl3N2O3S. The molecule has 0 aliphatic carbocycles. The fourth-order valence-electron chi connectivity index (χ4n) is 2.40. The van der Waals surface area contributed by atoms with Gasteiger partial charge in [0.1, 0.15) is 10.6 Å².